The molecule has 0 atom stereocenters. The molecule has 0 saturated heterocycles. The summed E-state index contributed by atoms with van der Waals surface area (Å²) in [5.41, 5.74) is 4.08. The molecule has 2 aromatic rings. The molecule has 3 heteroatoms. The van der Waals surface area contributed by atoms with Crippen molar-refractivity contribution in [2.24, 2.45) is 0 Å². The first-order valence-corrected chi connectivity index (χ1v) is 7.68. The highest BCUT2D eigenvalue weighted by Gasteiger charge is 1.97. The molecule has 2 aromatic carbocycles. The van der Waals surface area contributed by atoms with E-state index in [1.165, 1.54) is 48.8 Å². The molecule has 0 saturated carbocycles. The summed E-state index contributed by atoms with van der Waals surface area (Å²) in [6.45, 7) is 2.26. The van der Waals surface area contributed by atoms with Gasteiger partial charge in [-0.2, -0.15) is 0 Å². The van der Waals surface area contributed by atoms with E-state index >= 15 is 0 Å². The lowest BCUT2D eigenvalue weighted by Gasteiger charge is -2.04. The summed E-state index contributed by atoms with van der Waals surface area (Å²) < 4.78 is 0. The first-order chi connectivity index (χ1) is 10.3. The molecule has 21 heavy (non-hydrogen) atoms. The van der Waals surface area contributed by atoms with E-state index in [-0.39, 0.29) is 0 Å². The third-order valence-corrected chi connectivity index (χ3v) is 3.38. The van der Waals surface area contributed by atoms with E-state index in [1.807, 2.05) is 0 Å². The van der Waals surface area contributed by atoms with E-state index in [2.05, 4.69) is 61.5 Å². The Kier molecular flexibility index (Phi) is 9.26. The average Bonchev–Trinajstić information content (AvgIpc) is 2.54. The van der Waals surface area contributed by atoms with Crippen LogP contribution in [0.2, 0.25) is 0 Å². The molecule has 0 aliphatic heterocycles. The minimum atomic E-state index is -0.750. The molecule has 0 amide bonds. The van der Waals surface area contributed by atoms with Gasteiger partial charge in [-0.1, -0.05) is 80.8 Å². The Balaban J connectivity index is 0.000000677. The molecule has 2 nitrogen and oxygen atoms in total. The first-order valence-electron chi connectivity index (χ1n) is 7.68. The summed E-state index contributed by atoms with van der Waals surface area (Å²) in [6.07, 6.45) is 6.57. The van der Waals surface area contributed by atoms with Crippen molar-refractivity contribution in [3.8, 4) is 11.1 Å². The molecular weight excluding hydrogens is 259 g/mol. The van der Waals surface area contributed by atoms with Crippen LogP contribution in [0.4, 0.5) is 0 Å². The maximum absolute atomic E-state index is 7.12. The maximum Gasteiger partial charge on any atom is 0.432 e. The zero-order valence-electron chi connectivity index (χ0n) is 12.8. The van der Waals surface area contributed by atoms with Crippen molar-refractivity contribution in [1.82, 2.24) is 0 Å². The van der Waals surface area contributed by atoms with Crippen LogP contribution in [-0.2, 0) is 6.42 Å². The molecule has 2 N–H and O–H groups in total. The maximum atomic E-state index is 7.12. The van der Waals surface area contributed by atoms with Crippen LogP contribution in [0.15, 0.2) is 54.6 Å². The van der Waals surface area contributed by atoms with Gasteiger partial charge in [0.25, 0.3) is 0 Å². The molecule has 0 unspecified atom stereocenters. The van der Waals surface area contributed by atoms with E-state index in [4.69, 9.17) is 10.0 Å². The molecule has 0 aliphatic carbocycles. The number of hydrogen-bond acceptors (Lipinski definition) is 2. The Morgan fingerprint density at radius 2 is 1.33 bits per heavy atom. The molecule has 0 bridgehead atoms. The molecule has 112 valence electrons. The summed E-state index contributed by atoms with van der Waals surface area (Å²) in [5.74, 6) is 0. The monoisotopic (exact) mass is 284 g/mol. The fourth-order valence-electron chi connectivity index (χ4n) is 2.25. The second kappa shape index (κ2) is 11.1. The van der Waals surface area contributed by atoms with Crippen molar-refractivity contribution in [1.29, 1.82) is 0 Å². The zero-order chi connectivity index (χ0) is 15.3. The molecule has 0 fully saturated rings. The lowest BCUT2D eigenvalue weighted by atomic mass is 10.0. The largest absolute Gasteiger partial charge is 0.432 e. The van der Waals surface area contributed by atoms with Gasteiger partial charge in [-0.25, -0.2) is 0 Å². The van der Waals surface area contributed by atoms with Gasteiger partial charge in [0.05, 0.1) is 0 Å². The van der Waals surface area contributed by atoms with E-state index in [0.717, 1.165) is 0 Å². The third-order valence-electron chi connectivity index (χ3n) is 3.38. The zero-order valence-corrected chi connectivity index (χ0v) is 12.8. The van der Waals surface area contributed by atoms with Gasteiger partial charge in [0.15, 0.2) is 0 Å². The highest BCUT2D eigenvalue weighted by atomic mass is 16.4. The Labute approximate surface area is 128 Å². The van der Waals surface area contributed by atoms with Crippen LogP contribution in [-0.4, -0.2) is 17.7 Å². The van der Waals surface area contributed by atoms with Gasteiger partial charge >= 0.3 is 7.69 Å². The number of unbranched alkanes of at least 4 members (excludes halogenated alkanes) is 3. The second-order valence-corrected chi connectivity index (χ2v) is 5.02. The summed E-state index contributed by atoms with van der Waals surface area (Å²) in [5, 5.41) is 14.2. The lowest BCUT2D eigenvalue weighted by molar-refractivity contribution is 0.448. The summed E-state index contributed by atoms with van der Waals surface area (Å²) in [6, 6.07) is 19.6. The van der Waals surface area contributed by atoms with Crippen LogP contribution in [0, 0.1) is 0 Å². The minimum absolute atomic E-state index is 0.750. The molecular formula is C18H25BO2. The third kappa shape index (κ3) is 7.12. The van der Waals surface area contributed by atoms with Crippen LogP contribution < -0.4 is 0 Å². The van der Waals surface area contributed by atoms with E-state index in [1.54, 1.807) is 0 Å². The Hall–Kier alpha value is -1.58. The predicted octanol–water partition coefficient (Wildman–Crippen LogP) is 3.71. The number of hydrogen-bond donors (Lipinski definition) is 2. The highest BCUT2D eigenvalue weighted by Crippen LogP contribution is 2.20. The van der Waals surface area contributed by atoms with Crippen molar-refractivity contribution in [3.63, 3.8) is 0 Å². The Morgan fingerprint density at radius 1 is 0.762 bits per heavy atom. The molecule has 0 radical (unpaired) electrons. The predicted molar refractivity (Wildman–Crippen MR) is 91.3 cm³/mol. The molecule has 0 spiro atoms. The molecule has 2 rings (SSSR count). The summed E-state index contributed by atoms with van der Waals surface area (Å²) in [7, 11) is -0.750. The molecule has 0 aliphatic rings. The topological polar surface area (TPSA) is 40.5 Å². The van der Waals surface area contributed by atoms with Gasteiger partial charge in [-0.05, 0) is 29.5 Å². The van der Waals surface area contributed by atoms with Crippen molar-refractivity contribution in [2.75, 3.05) is 0 Å². The van der Waals surface area contributed by atoms with Crippen molar-refractivity contribution in [3.05, 3.63) is 60.2 Å². The highest BCUT2D eigenvalue weighted by molar-refractivity contribution is 6.13. The van der Waals surface area contributed by atoms with Gasteiger partial charge in [0.1, 0.15) is 0 Å². The first kappa shape index (κ1) is 17.5. The number of rotatable bonds is 6. The fraction of sp³-hybridized carbons (Fsp3) is 0.333. The van der Waals surface area contributed by atoms with Gasteiger partial charge in [-0.15, -0.1) is 0 Å². The fourth-order valence-corrected chi connectivity index (χ4v) is 2.25. The van der Waals surface area contributed by atoms with Gasteiger partial charge in [0, 0.05) is 0 Å². The van der Waals surface area contributed by atoms with Gasteiger partial charge in [-0.3, -0.25) is 0 Å². The standard InChI is InChI=1S/C18H22.BH3O2/c1-2-3-4-6-9-16-12-14-18(15-13-16)17-10-7-5-8-11-17;2-1-3/h5,7-8,10-15H,2-4,6,9H2,1H3;1-3H. The van der Waals surface area contributed by atoms with Crippen LogP contribution in [0.3, 0.4) is 0 Å². The smallest absolute Gasteiger partial charge is 0.430 e. The SMILES string of the molecule is CCCCCCc1ccc(-c2ccccc2)cc1.OBO. The molecule has 0 aromatic heterocycles. The lowest BCUT2D eigenvalue weighted by Crippen LogP contribution is -1.86. The van der Waals surface area contributed by atoms with E-state index < -0.39 is 7.69 Å². The molecule has 0 heterocycles. The normalized spacial score (nSPS) is 9.67. The van der Waals surface area contributed by atoms with Gasteiger partial charge in [0.2, 0.25) is 0 Å². The van der Waals surface area contributed by atoms with Crippen molar-refractivity contribution >= 4 is 7.69 Å². The van der Waals surface area contributed by atoms with Gasteiger partial charge < -0.3 is 10.0 Å². The van der Waals surface area contributed by atoms with Crippen LogP contribution in [0.1, 0.15) is 38.2 Å². The van der Waals surface area contributed by atoms with Crippen LogP contribution >= 0.6 is 0 Å². The van der Waals surface area contributed by atoms with Crippen molar-refractivity contribution in [2.45, 2.75) is 39.0 Å². The second-order valence-electron chi connectivity index (χ2n) is 5.02. The van der Waals surface area contributed by atoms with Crippen molar-refractivity contribution < 1.29 is 10.0 Å². The average molecular weight is 284 g/mol. The minimum Gasteiger partial charge on any atom is -0.430 e. The quantitative estimate of drug-likeness (QED) is 0.627. The Morgan fingerprint density at radius 3 is 1.90 bits per heavy atom. The van der Waals surface area contributed by atoms with Crippen LogP contribution in [0.25, 0.3) is 11.1 Å². The summed E-state index contributed by atoms with van der Waals surface area (Å²) in [4.78, 5) is 0. The van der Waals surface area contributed by atoms with E-state index in [0.29, 0.717) is 0 Å². The van der Waals surface area contributed by atoms with Crippen LogP contribution in [0.5, 0.6) is 0 Å². The number of benzene rings is 2. The Bertz CT molecular complexity index is 468. The number of aryl methyl sites for hydroxylation is 1. The summed E-state index contributed by atoms with van der Waals surface area (Å²) >= 11 is 0. The van der Waals surface area contributed by atoms with E-state index in [9.17, 15) is 0 Å².